The maximum absolute atomic E-state index is 11.9. The summed E-state index contributed by atoms with van der Waals surface area (Å²) in [5.41, 5.74) is 1.35. The number of imidazole rings is 1. The lowest BCUT2D eigenvalue weighted by Gasteiger charge is -2.12. The van der Waals surface area contributed by atoms with Crippen molar-refractivity contribution in [3.05, 3.63) is 44.6 Å². The van der Waals surface area contributed by atoms with Gasteiger partial charge >= 0.3 is 5.69 Å². The van der Waals surface area contributed by atoms with Crippen molar-refractivity contribution in [2.45, 2.75) is 33.9 Å². The Morgan fingerprint density at radius 2 is 2.11 bits per heavy atom. The predicted octanol–water partition coefficient (Wildman–Crippen LogP) is 1.89. The number of nitrogens with zero attached hydrogens (tertiary/aromatic N) is 4. The first kappa shape index (κ1) is 13.0. The molecule has 0 atom stereocenters. The molecule has 0 aliphatic rings. The molecular weight excluding hydrogens is 296 g/mol. The average molecular weight is 311 g/mol. The molecule has 0 saturated carbocycles. The second-order valence-electron chi connectivity index (χ2n) is 4.09. The zero-order valence-electron chi connectivity index (χ0n) is 10.6. The van der Waals surface area contributed by atoms with Crippen LogP contribution in [0.2, 0.25) is 0 Å². The second kappa shape index (κ2) is 5.06. The van der Waals surface area contributed by atoms with Gasteiger partial charge in [0.15, 0.2) is 0 Å². The van der Waals surface area contributed by atoms with E-state index in [9.17, 15) is 4.79 Å². The van der Waals surface area contributed by atoms with Crippen LogP contribution in [0.5, 0.6) is 0 Å². The number of hydrogen-bond donors (Lipinski definition) is 0. The van der Waals surface area contributed by atoms with E-state index in [1.165, 1.54) is 0 Å². The van der Waals surface area contributed by atoms with E-state index in [1.54, 1.807) is 10.8 Å². The summed E-state index contributed by atoms with van der Waals surface area (Å²) < 4.78 is 4.52. The summed E-state index contributed by atoms with van der Waals surface area (Å²) in [6, 6.07) is 0. The van der Waals surface area contributed by atoms with Crippen molar-refractivity contribution >= 4 is 15.9 Å². The van der Waals surface area contributed by atoms with Gasteiger partial charge in [-0.1, -0.05) is 0 Å². The lowest BCUT2D eigenvalue weighted by molar-refractivity contribution is 0.612. The summed E-state index contributed by atoms with van der Waals surface area (Å²) in [7, 11) is 0. The average Bonchev–Trinajstić information content (AvgIpc) is 2.79. The Morgan fingerprint density at radius 3 is 2.78 bits per heavy atom. The van der Waals surface area contributed by atoms with E-state index < -0.39 is 0 Å². The van der Waals surface area contributed by atoms with E-state index in [-0.39, 0.29) is 5.69 Å². The van der Waals surface area contributed by atoms with E-state index >= 15 is 0 Å². The van der Waals surface area contributed by atoms with Crippen LogP contribution in [-0.4, -0.2) is 19.1 Å². The van der Waals surface area contributed by atoms with E-state index in [0.29, 0.717) is 12.2 Å². The Morgan fingerprint density at radius 1 is 1.39 bits per heavy atom. The highest BCUT2D eigenvalue weighted by molar-refractivity contribution is 9.10. The number of halogens is 1. The van der Waals surface area contributed by atoms with Gasteiger partial charge < -0.3 is 4.57 Å². The van der Waals surface area contributed by atoms with Crippen LogP contribution < -0.4 is 5.69 Å². The molecule has 0 unspecified atom stereocenters. The first-order valence-corrected chi connectivity index (χ1v) is 6.57. The zero-order chi connectivity index (χ0) is 13.3. The van der Waals surface area contributed by atoms with E-state index in [0.717, 1.165) is 22.5 Å². The topological polar surface area (TPSA) is 52.7 Å². The molecule has 5 nitrogen and oxygen atoms in total. The molecule has 0 bridgehead atoms. The fourth-order valence-electron chi connectivity index (χ4n) is 1.88. The van der Waals surface area contributed by atoms with Crippen molar-refractivity contribution in [2.75, 3.05) is 0 Å². The molecule has 2 aromatic rings. The SMILES string of the molecule is CCn1ccnc1Cn1c(C)c(Br)c(C)nc1=O. The summed E-state index contributed by atoms with van der Waals surface area (Å²) in [6.07, 6.45) is 3.65. The largest absolute Gasteiger partial charge is 0.348 e. The molecule has 0 saturated heterocycles. The Kier molecular flexibility index (Phi) is 3.65. The smallest absolute Gasteiger partial charge is 0.334 e. The lowest BCUT2D eigenvalue weighted by Crippen LogP contribution is -2.28. The molecule has 2 aromatic heterocycles. The number of aryl methyl sites for hydroxylation is 2. The van der Waals surface area contributed by atoms with E-state index in [2.05, 4.69) is 25.9 Å². The van der Waals surface area contributed by atoms with Gasteiger partial charge in [-0.25, -0.2) is 9.78 Å². The minimum absolute atomic E-state index is 0.237. The van der Waals surface area contributed by atoms with Gasteiger partial charge in [0, 0.05) is 24.6 Å². The van der Waals surface area contributed by atoms with Gasteiger partial charge in [0.2, 0.25) is 0 Å². The van der Waals surface area contributed by atoms with Gasteiger partial charge in [0.05, 0.1) is 16.7 Å². The molecule has 0 spiro atoms. The van der Waals surface area contributed by atoms with Crippen LogP contribution in [0.4, 0.5) is 0 Å². The Labute approximate surface area is 114 Å². The molecule has 0 aromatic carbocycles. The van der Waals surface area contributed by atoms with Gasteiger partial charge in [-0.2, -0.15) is 4.98 Å². The molecule has 18 heavy (non-hydrogen) atoms. The Balaban J connectivity index is 2.47. The van der Waals surface area contributed by atoms with Crippen LogP contribution in [0.25, 0.3) is 0 Å². The highest BCUT2D eigenvalue weighted by Crippen LogP contribution is 2.17. The minimum atomic E-state index is -0.237. The van der Waals surface area contributed by atoms with Crippen LogP contribution in [0.15, 0.2) is 21.7 Å². The van der Waals surface area contributed by atoms with Crippen molar-refractivity contribution in [1.82, 2.24) is 19.1 Å². The molecule has 0 aliphatic heterocycles. The quantitative estimate of drug-likeness (QED) is 0.870. The molecule has 0 amide bonds. The fraction of sp³-hybridized carbons (Fsp3) is 0.417. The fourth-order valence-corrected chi connectivity index (χ4v) is 2.19. The third kappa shape index (κ3) is 2.25. The van der Waals surface area contributed by atoms with Crippen LogP contribution in [-0.2, 0) is 13.1 Å². The van der Waals surface area contributed by atoms with Crippen LogP contribution >= 0.6 is 15.9 Å². The van der Waals surface area contributed by atoms with Crippen molar-refractivity contribution < 1.29 is 0 Å². The van der Waals surface area contributed by atoms with Crippen LogP contribution in [0.3, 0.4) is 0 Å². The molecule has 6 heteroatoms. The summed E-state index contributed by atoms with van der Waals surface area (Å²) >= 11 is 3.45. The maximum atomic E-state index is 11.9. The lowest BCUT2D eigenvalue weighted by atomic mass is 10.3. The molecule has 2 heterocycles. The normalized spacial score (nSPS) is 10.9. The van der Waals surface area contributed by atoms with Crippen molar-refractivity contribution in [2.24, 2.45) is 0 Å². The van der Waals surface area contributed by atoms with Gasteiger partial charge in [-0.3, -0.25) is 4.57 Å². The highest BCUT2D eigenvalue weighted by Gasteiger charge is 2.11. The van der Waals surface area contributed by atoms with Crippen molar-refractivity contribution in [3.63, 3.8) is 0 Å². The molecule has 0 fully saturated rings. The van der Waals surface area contributed by atoms with Crippen LogP contribution in [0.1, 0.15) is 24.1 Å². The number of rotatable bonds is 3. The Bertz CT molecular complexity index is 629. The summed E-state index contributed by atoms with van der Waals surface area (Å²) in [6.45, 7) is 7.04. The predicted molar refractivity (Wildman–Crippen MR) is 72.7 cm³/mol. The van der Waals surface area contributed by atoms with Gasteiger partial charge in [0.1, 0.15) is 5.82 Å². The van der Waals surface area contributed by atoms with Crippen LogP contribution in [0, 0.1) is 13.8 Å². The Hall–Kier alpha value is -1.43. The molecule has 96 valence electrons. The maximum Gasteiger partial charge on any atom is 0.348 e. The van der Waals surface area contributed by atoms with Gasteiger partial charge in [-0.15, -0.1) is 0 Å². The number of aromatic nitrogens is 4. The summed E-state index contributed by atoms with van der Waals surface area (Å²) in [4.78, 5) is 20.2. The molecule has 0 aliphatic carbocycles. The van der Waals surface area contributed by atoms with E-state index in [4.69, 9.17) is 0 Å². The molecular formula is C12H15BrN4O. The van der Waals surface area contributed by atoms with Gasteiger partial charge in [0.25, 0.3) is 0 Å². The monoisotopic (exact) mass is 310 g/mol. The van der Waals surface area contributed by atoms with Crippen molar-refractivity contribution in [3.8, 4) is 0 Å². The third-order valence-corrected chi connectivity index (χ3v) is 4.12. The zero-order valence-corrected chi connectivity index (χ0v) is 12.2. The molecule has 0 radical (unpaired) electrons. The van der Waals surface area contributed by atoms with Crippen molar-refractivity contribution in [1.29, 1.82) is 0 Å². The van der Waals surface area contributed by atoms with E-state index in [1.807, 2.05) is 31.5 Å². The third-order valence-electron chi connectivity index (χ3n) is 2.98. The summed E-state index contributed by atoms with van der Waals surface area (Å²) in [5, 5.41) is 0. The molecule has 0 N–H and O–H groups in total. The number of hydrogen-bond acceptors (Lipinski definition) is 3. The minimum Gasteiger partial charge on any atom is -0.334 e. The highest BCUT2D eigenvalue weighted by atomic mass is 79.9. The summed E-state index contributed by atoms with van der Waals surface area (Å²) in [5.74, 6) is 0.861. The van der Waals surface area contributed by atoms with Gasteiger partial charge in [-0.05, 0) is 36.7 Å². The standard InChI is InChI=1S/C12H15BrN4O/c1-4-16-6-5-14-10(16)7-17-9(3)11(13)8(2)15-12(17)18/h5-6H,4,7H2,1-3H3. The molecule has 2 rings (SSSR count). The first-order valence-electron chi connectivity index (χ1n) is 5.78. The first-order chi connectivity index (χ1) is 8.54. The second-order valence-corrected chi connectivity index (χ2v) is 4.89.